The van der Waals surface area contributed by atoms with Crippen LogP contribution in [-0.4, -0.2) is 53.5 Å². The Kier molecular flexibility index (Phi) is 6.73. The molecule has 0 unspecified atom stereocenters. The van der Waals surface area contributed by atoms with Gasteiger partial charge in [0.2, 0.25) is 10.5 Å². The van der Waals surface area contributed by atoms with Crippen molar-refractivity contribution in [2.24, 2.45) is 5.10 Å². The van der Waals surface area contributed by atoms with Gasteiger partial charge in [0, 0.05) is 29.9 Å². The summed E-state index contributed by atoms with van der Waals surface area (Å²) in [5.74, 6) is 1.11. The highest BCUT2D eigenvalue weighted by molar-refractivity contribution is 7.71. The maximum atomic E-state index is 10.1. The van der Waals surface area contributed by atoms with Crippen LogP contribution in [-0.2, 0) is 0 Å². The van der Waals surface area contributed by atoms with Gasteiger partial charge in [0.1, 0.15) is 0 Å². The quantitative estimate of drug-likeness (QED) is 0.416. The van der Waals surface area contributed by atoms with Gasteiger partial charge in [0.15, 0.2) is 17.3 Å². The lowest BCUT2D eigenvalue weighted by Crippen LogP contribution is -2.21. The van der Waals surface area contributed by atoms with Crippen LogP contribution in [0.1, 0.15) is 19.4 Å². The van der Waals surface area contributed by atoms with Crippen molar-refractivity contribution in [1.29, 1.82) is 0 Å². The molecule has 3 rings (SSSR count). The highest BCUT2D eigenvalue weighted by Gasteiger charge is 2.12. The number of phenolic OH excluding ortho intramolecular Hbond substituents is 1. The number of hydrogen-bond donors (Lipinski definition) is 2. The number of phenols is 1. The topological polar surface area (TPSA) is 87.9 Å². The molecule has 0 bridgehead atoms. The molecule has 30 heavy (non-hydrogen) atoms. The van der Waals surface area contributed by atoms with E-state index in [1.165, 1.54) is 14.2 Å². The Bertz CT molecular complexity index is 1060. The molecule has 0 aliphatic carbocycles. The van der Waals surface area contributed by atoms with Crippen molar-refractivity contribution in [2.45, 2.75) is 13.8 Å². The number of methoxy groups -OCH3 is 2. The maximum Gasteiger partial charge on any atom is 0.216 e. The molecule has 2 N–H and O–H groups in total. The minimum absolute atomic E-state index is 0.0638. The SMILES string of the molecule is CCN(CC)c1ccc(-c2n[nH]c(=S)n2/N=C/c2cc(OC)c(O)c(OC)c2)cc1. The van der Waals surface area contributed by atoms with Crippen LogP contribution in [0.15, 0.2) is 41.5 Å². The molecule has 1 aromatic heterocycles. The van der Waals surface area contributed by atoms with E-state index in [0.717, 1.165) is 24.3 Å². The summed E-state index contributed by atoms with van der Waals surface area (Å²) >= 11 is 5.34. The lowest BCUT2D eigenvalue weighted by atomic mass is 10.2. The van der Waals surface area contributed by atoms with Gasteiger partial charge in [-0.3, -0.25) is 0 Å². The normalized spacial score (nSPS) is 11.1. The van der Waals surface area contributed by atoms with Crippen LogP contribution in [0.4, 0.5) is 5.69 Å². The molecule has 1 heterocycles. The third-order valence-corrected chi connectivity index (χ3v) is 4.99. The van der Waals surface area contributed by atoms with Gasteiger partial charge >= 0.3 is 0 Å². The van der Waals surface area contributed by atoms with E-state index in [1.807, 2.05) is 12.1 Å². The van der Waals surface area contributed by atoms with E-state index in [2.05, 4.69) is 46.2 Å². The van der Waals surface area contributed by atoms with Crippen LogP contribution in [0.3, 0.4) is 0 Å². The first kappa shape index (κ1) is 21.4. The van der Waals surface area contributed by atoms with E-state index in [0.29, 0.717) is 27.7 Å². The number of H-pyrrole nitrogens is 1. The summed E-state index contributed by atoms with van der Waals surface area (Å²) in [6.07, 6.45) is 1.60. The monoisotopic (exact) mass is 427 g/mol. The molecular weight excluding hydrogens is 402 g/mol. The van der Waals surface area contributed by atoms with Crippen LogP contribution >= 0.6 is 12.2 Å². The molecule has 0 atom stereocenters. The number of nitrogens with one attached hydrogen (secondary N) is 1. The number of rotatable bonds is 8. The molecular formula is C21H25N5O3S. The Balaban J connectivity index is 1.95. The predicted octanol–water partition coefficient (Wildman–Crippen LogP) is 4.06. The van der Waals surface area contributed by atoms with Gasteiger partial charge in [-0.2, -0.15) is 14.9 Å². The predicted molar refractivity (Wildman–Crippen MR) is 121 cm³/mol. The van der Waals surface area contributed by atoms with E-state index >= 15 is 0 Å². The molecule has 0 spiro atoms. The van der Waals surface area contributed by atoms with Gasteiger partial charge in [-0.25, -0.2) is 5.10 Å². The van der Waals surface area contributed by atoms with Gasteiger partial charge in [0.25, 0.3) is 0 Å². The van der Waals surface area contributed by atoms with Crippen LogP contribution in [0.25, 0.3) is 11.4 Å². The van der Waals surface area contributed by atoms with Crippen LogP contribution in [0.5, 0.6) is 17.2 Å². The van der Waals surface area contributed by atoms with Crippen molar-refractivity contribution in [1.82, 2.24) is 14.9 Å². The van der Waals surface area contributed by atoms with Crippen molar-refractivity contribution in [2.75, 3.05) is 32.2 Å². The van der Waals surface area contributed by atoms with Gasteiger partial charge in [0.05, 0.1) is 20.4 Å². The molecule has 0 amide bonds. The Morgan fingerprint density at radius 3 is 2.27 bits per heavy atom. The number of nitrogens with zero attached hydrogens (tertiary/aromatic N) is 4. The Morgan fingerprint density at radius 1 is 1.13 bits per heavy atom. The van der Waals surface area contributed by atoms with Gasteiger partial charge in [-0.15, -0.1) is 0 Å². The largest absolute Gasteiger partial charge is 0.502 e. The molecule has 0 fully saturated rings. The fourth-order valence-electron chi connectivity index (χ4n) is 3.11. The van der Waals surface area contributed by atoms with E-state index in [9.17, 15) is 5.11 Å². The third-order valence-electron chi connectivity index (χ3n) is 4.73. The Hall–Kier alpha value is -3.33. The highest BCUT2D eigenvalue weighted by atomic mass is 32.1. The minimum Gasteiger partial charge on any atom is -0.502 e. The van der Waals surface area contributed by atoms with E-state index in [4.69, 9.17) is 21.7 Å². The first-order chi connectivity index (χ1) is 14.5. The minimum atomic E-state index is -0.0638. The summed E-state index contributed by atoms with van der Waals surface area (Å²) in [5.41, 5.74) is 2.71. The molecule has 0 saturated carbocycles. The third kappa shape index (κ3) is 4.30. The summed E-state index contributed by atoms with van der Waals surface area (Å²) in [6, 6.07) is 11.4. The Morgan fingerprint density at radius 2 is 1.73 bits per heavy atom. The fourth-order valence-corrected chi connectivity index (χ4v) is 3.29. The zero-order valence-electron chi connectivity index (χ0n) is 17.4. The summed E-state index contributed by atoms with van der Waals surface area (Å²) in [6.45, 7) is 6.14. The van der Waals surface area contributed by atoms with Crippen molar-refractivity contribution in [3.63, 3.8) is 0 Å². The molecule has 158 valence electrons. The molecule has 2 aromatic carbocycles. The van der Waals surface area contributed by atoms with Crippen molar-refractivity contribution < 1.29 is 14.6 Å². The molecule has 0 radical (unpaired) electrons. The number of ether oxygens (including phenoxy) is 2. The van der Waals surface area contributed by atoms with Crippen molar-refractivity contribution in [3.8, 4) is 28.6 Å². The summed E-state index contributed by atoms with van der Waals surface area (Å²) in [4.78, 5) is 2.27. The zero-order chi connectivity index (χ0) is 21.7. The second kappa shape index (κ2) is 9.45. The smallest absolute Gasteiger partial charge is 0.216 e. The first-order valence-corrected chi connectivity index (χ1v) is 9.95. The summed E-state index contributed by atoms with van der Waals surface area (Å²) < 4.78 is 12.3. The average Bonchev–Trinajstić information content (AvgIpc) is 3.14. The average molecular weight is 428 g/mol. The second-order valence-corrected chi connectivity index (χ2v) is 6.79. The number of aromatic amines is 1. The maximum absolute atomic E-state index is 10.1. The van der Waals surface area contributed by atoms with Crippen molar-refractivity contribution >= 4 is 24.1 Å². The molecule has 0 saturated heterocycles. The van der Waals surface area contributed by atoms with Gasteiger partial charge in [-0.05, 0) is 62.5 Å². The van der Waals surface area contributed by atoms with Crippen LogP contribution in [0, 0.1) is 4.77 Å². The fraction of sp³-hybridized carbons (Fsp3) is 0.286. The zero-order valence-corrected chi connectivity index (χ0v) is 18.2. The molecule has 0 aliphatic rings. The van der Waals surface area contributed by atoms with E-state index in [1.54, 1.807) is 23.0 Å². The number of benzene rings is 2. The van der Waals surface area contributed by atoms with Crippen molar-refractivity contribution in [3.05, 3.63) is 46.7 Å². The van der Waals surface area contributed by atoms with Gasteiger partial charge < -0.3 is 19.5 Å². The summed E-state index contributed by atoms with van der Waals surface area (Å²) in [7, 11) is 2.95. The number of aromatic hydroxyl groups is 1. The Labute approximate surface area is 180 Å². The number of anilines is 1. The molecule has 0 aliphatic heterocycles. The van der Waals surface area contributed by atoms with E-state index in [-0.39, 0.29) is 5.75 Å². The second-order valence-electron chi connectivity index (χ2n) is 6.40. The lowest BCUT2D eigenvalue weighted by molar-refractivity contribution is 0.340. The van der Waals surface area contributed by atoms with Crippen LogP contribution < -0.4 is 14.4 Å². The van der Waals surface area contributed by atoms with Gasteiger partial charge in [-0.1, -0.05) is 0 Å². The number of hydrogen-bond acceptors (Lipinski definition) is 7. The summed E-state index contributed by atoms with van der Waals surface area (Å²) in [5, 5.41) is 21.6. The molecule has 3 aromatic rings. The number of aromatic nitrogens is 3. The van der Waals surface area contributed by atoms with E-state index < -0.39 is 0 Å². The lowest BCUT2D eigenvalue weighted by Gasteiger charge is -2.20. The standard InChI is InChI=1S/C21H25N5O3S/c1-5-25(6-2)16-9-7-15(8-10-16)20-23-24-21(30)26(20)22-13-14-11-17(28-3)19(27)18(12-14)29-4/h7-13,27H,5-6H2,1-4H3,(H,24,30)/b22-13+. The highest BCUT2D eigenvalue weighted by Crippen LogP contribution is 2.36. The first-order valence-electron chi connectivity index (χ1n) is 9.54. The van der Waals surface area contributed by atoms with Crippen LogP contribution in [0.2, 0.25) is 0 Å². The molecule has 8 nitrogen and oxygen atoms in total. The molecule has 9 heteroatoms.